The summed E-state index contributed by atoms with van der Waals surface area (Å²) in [5.41, 5.74) is 0.998. The van der Waals surface area contributed by atoms with Crippen LogP contribution in [0.3, 0.4) is 0 Å². The first-order chi connectivity index (χ1) is 6.72. The Bertz CT molecular complexity index is 268. The normalized spacial score (nSPS) is 10.2. The van der Waals surface area contributed by atoms with E-state index in [-0.39, 0.29) is 0 Å². The van der Waals surface area contributed by atoms with Crippen LogP contribution >= 0.6 is 11.6 Å². The van der Waals surface area contributed by atoms with Crippen molar-refractivity contribution in [2.75, 3.05) is 17.7 Å². The van der Waals surface area contributed by atoms with Gasteiger partial charge >= 0.3 is 0 Å². The Kier molecular flexibility index (Phi) is 4.66. The van der Waals surface area contributed by atoms with E-state index in [0.29, 0.717) is 0 Å². The van der Waals surface area contributed by atoms with E-state index in [4.69, 9.17) is 11.6 Å². The van der Waals surface area contributed by atoms with E-state index in [2.05, 4.69) is 15.3 Å². The van der Waals surface area contributed by atoms with Crippen LogP contribution in [0.4, 0.5) is 5.82 Å². The van der Waals surface area contributed by atoms with Crippen LogP contribution in [0.15, 0.2) is 6.07 Å². The summed E-state index contributed by atoms with van der Waals surface area (Å²) in [6.45, 7) is 4.79. The number of halogens is 1. The number of aromatic nitrogens is 2. The summed E-state index contributed by atoms with van der Waals surface area (Å²) in [5.74, 6) is 2.44. The van der Waals surface area contributed by atoms with Crippen LogP contribution in [-0.4, -0.2) is 22.4 Å². The summed E-state index contributed by atoms with van der Waals surface area (Å²) in [6.07, 6.45) is 2.11. The van der Waals surface area contributed by atoms with Gasteiger partial charge in [0, 0.05) is 24.2 Å². The fraction of sp³-hybridized carbons (Fsp3) is 0.600. The number of nitrogens with zero attached hydrogens (tertiary/aromatic N) is 2. The van der Waals surface area contributed by atoms with Crippen LogP contribution in [0.5, 0.6) is 0 Å². The third-order valence-corrected chi connectivity index (χ3v) is 2.10. The minimum atomic E-state index is 0.726. The smallest absolute Gasteiger partial charge is 0.129 e. The second-order valence-corrected chi connectivity index (χ2v) is 3.64. The molecule has 0 saturated carbocycles. The van der Waals surface area contributed by atoms with Crippen molar-refractivity contribution < 1.29 is 0 Å². The van der Waals surface area contributed by atoms with Crippen LogP contribution in [0.1, 0.15) is 24.4 Å². The number of hydrogen-bond donors (Lipinski definition) is 1. The fourth-order valence-electron chi connectivity index (χ4n) is 1.24. The summed E-state index contributed by atoms with van der Waals surface area (Å²) in [7, 11) is 0. The molecule has 0 aromatic carbocycles. The summed E-state index contributed by atoms with van der Waals surface area (Å²) in [5, 5.41) is 3.25. The first-order valence-electron chi connectivity index (χ1n) is 4.84. The summed E-state index contributed by atoms with van der Waals surface area (Å²) in [4.78, 5) is 8.48. The van der Waals surface area contributed by atoms with Gasteiger partial charge in [0.05, 0.1) is 0 Å². The molecule has 4 heteroatoms. The Morgan fingerprint density at radius 2 is 2.07 bits per heavy atom. The molecular formula is C10H16ClN3. The molecule has 0 aliphatic carbocycles. The standard InChI is InChI=1S/C10H16ClN3/c1-8-7-10(14-9(2)13-8)12-6-4-3-5-11/h7H,3-6H2,1-2H3,(H,12,13,14). The molecule has 0 amide bonds. The van der Waals surface area contributed by atoms with Crippen LogP contribution in [0.2, 0.25) is 0 Å². The highest BCUT2D eigenvalue weighted by atomic mass is 35.5. The van der Waals surface area contributed by atoms with Gasteiger partial charge < -0.3 is 5.32 Å². The highest BCUT2D eigenvalue weighted by molar-refractivity contribution is 6.17. The Morgan fingerprint density at radius 3 is 2.71 bits per heavy atom. The van der Waals surface area contributed by atoms with E-state index in [1.807, 2.05) is 19.9 Å². The predicted molar refractivity (Wildman–Crippen MR) is 59.9 cm³/mol. The number of hydrogen-bond acceptors (Lipinski definition) is 3. The molecular weight excluding hydrogens is 198 g/mol. The molecule has 1 N–H and O–H groups in total. The highest BCUT2D eigenvalue weighted by Gasteiger charge is 1.97. The third-order valence-electron chi connectivity index (χ3n) is 1.83. The number of nitrogens with one attached hydrogen (secondary N) is 1. The fourth-order valence-corrected chi connectivity index (χ4v) is 1.43. The SMILES string of the molecule is Cc1cc(NCCCCCl)nc(C)n1. The molecule has 1 aromatic rings. The lowest BCUT2D eigenvalue weighted by molar-refractivity contribution is 0.833. The van der Waals surface area contributed by atoms with Gasteiger partial charge in [-0.3, -0.25) is 0 Å². The van der Waals surface area contributed by atoms with Crippen molar-refractivity contribution in [1.29, 1.82) is 0 Å². The number of aryl methyl sites for hydroxylation is 2. The van der Waals surface area contributed by atoms with Crippen LogP contribution < -0.4 is 5.32 Å². The van der Waals surface area contributed by atoms with Gasteiger partial charge in [0.25, 0.3) is 0 Å². The van der Waals surface area contributed by atoms with Crippen molar-refractivity contribution in [1.82, 2.24) is 9.97 Å². The molecule has 0 atom stereocenters. The number of rotatable bonds is 5. The second-order valence-electron chi connectivity index (χ2n) is 3.26. The Hall–Kier alpha value is -0.830. The molecule has 0 spiro atoms. The maximum absolute atomic E-state index is 5.58. The van der Waals surface area contributed by atoms with E-state index in [1.54, 1.807) is 0 Å². The first-order valence-corrected chi connectivity index (χ1v) is 5.38. The quantitative estimate of drug-likeness (QED) is 0.604. The van der Waals surface area contributed by atoms with Crippen LogP contribution in [0, 0.1) is 13.8 Å². The molecule has 0 fully saturated rings. The van der Waals surface area contributed by atoms with Gasteiger partial charge in [0.1, 0.15) is 11.6 Å². The Labute approximate surface area is 89.9 Å². The van der Waals surface area contributed by atoms with Crippen molar-refractivity contribution in [2.24, 2.45) is 0 Å². The molecule has 0 radical (unpaired) electrons. The molecule has 1 heterocycles. The predicted octanol–water partition coefficient (Wildman–Crippen LogP) is 2.52. The van der Waals surface area contributed by atoms with Crippen LogP contribution in [0.25, 0.3) is 0 Å². The monoisotopic (exact) mass is 213 g/mol. The molecule has 14 heavy (non-hydrogen) atoms. The highest BCUT2D eigenvalue weighted by Crippen LogP contribution is 2.05. The first kappa shape index (κ1) is 11.2. The summed E-state index contributed by atoms with van der Waals surface area (Å²) < 4.78 is 0. The van der Waals surface area contributed by atoms with E-state index >= 15 is 0 Å². The van der Waals surface area contributed by atoms with Crippen molar-refractivity contribution in [3.05, 3.63) is 17.6 Å². The zero-order chi connectivity index (χ0) is 10.4. The Balaban J connectivity index is 2.42. The van der Waals surface area contributed by atoms with E-state index in [9.17, 15) is 0 Å². The van der Waals surface area contributed by atoms with Gasteiger partial charge in [-0.15, -0.1) is 11.6 Å². The maximum Gasteiger partial charge on any atom is 0.129 e. The van der Waals surface area contributed by atoms with Gasteiger partial charge in [0.15, 0.2) is 0 Å². The van der Waals surface area contributed by atoms with Crippen LogP contribution in [-0.2, 0) is 0 Å². The molecule has 78 valence electrons. The van der Waals surface area contributed by atoms with Gasteiger partial charge in [-0.2, -0.15) is 0 Å². The minimum Gasteiger partial charge on any atom is -0.370 e. The number of anilines is 1. The number of unbranched alkanes of at least 4 members (excludes halogenated alkanes) is 1. The van der Waals surface area contributed by atoms with Crippen molar-refractivity contribution in [3.63, 3.8) is 0 Å². The average molecular weight is 214 g/mol. The summed E-state index contributed by atoms with van der Waals surface area (Å²) >= 11 is 5.58. The van der Waals surface area contributed by atoms with E-state index < -0.39 is 0 Å². The molecule has 0 unspecified atom stereocenters. The van der Waals surface area contributed by atoms with Crippen molar-refractivity contribution in [2.45, 2.75) is 26.7 Å². The van der Waals surface area contributed by atoms with Gasteiger partial charge in [-0.05, 0) is 26.7 Å². The molecule has 0 aliphatic rings. The van der Waals surface area contributed by atoms with E-state index in [1.165, 1.54) is 0 Å². The lowest BCUT2D eigenvalue weighted by Gasteiger charge is -2.05. The Morgan fingerprint density at radius 1 is 1.29 bits per heavy atom. The largest absolute Gasteiger partial charge is 0.370 e. The zero-order valence-corrected chi connectivity index (χ0v) is 9.43. The lowest BCUT2D eigenvalue weighted by Crippen LogP contribution is -2.05. The zero-order valence-electron chi connectivity index (χ0n) is 8.68. The molecule has 0 aliphatic heterocycles. The molecule has 0 saturated heterocycles. The second kappa shape index (κ2) is 5.81. The van der Waals surface area contributed by atoms with E-state index in [0.717, 1.165) is 42.6 Å². The van der Waals surface area contributed by atoms with Gasteiger partial charge in [-0.1, -0.05) is 0 Å². The van der Waals surface area contributed by atoms with Gasteiger partial charge in [-0.25, -0.2) is 9.97 Å². The molecule has 1 aromatic heterocycles. The number of alkyl halides is 1. The van der Waals surface area contributed by atoms with Crippen molar-refractivity contribution in [3.8, 4) is 0 Å². The molecule has 3 nitrogen and oxygen atoms in total. The topological polar surface area (TPSA) is 37.8 Å². The lowest BCUT2D eigenvalue weighted by atomic mass is 10.3. The summed E-state index contributed by atoms with van der Waals surface area (Å²) in [6, 6.07) is 1.95. The molecule has 1 rings (SSSR count). The minimum absolute atomic E-state index is 0.726. The van der Waals surface area contributed by atoms with Crippen molar-refractivity contribution >= 4 is 17.4 Å². The maximum atomic E-state index is 5.58. The third kappa shape index (κ3) is 3.92. The average Bonchev–Trinajstić information content (AvgIpc) is 2.11. The molecule has 0 bridgehead atoms. The van der Waals surface area contributed by atoms with Gasteiger partial charge in [0.2, 0.25) is 0 Å².